The van der Waals surface area contributed by atoms with Gasteiger partial charge in [-0.1, -0.05) is 34.1 Å². The summed E-state index contributed by atoms with van der Waals surface area (Å²) in [5.74, 6) is 1.78. The van der Waals surface area contributed by atoms with E-state index in [4.69, 9.17) is 9.47 Å². The first kappa shape index (κ1) is 19.0. The third-order valence-corrected chi connectivity index (χ3v) is 7.78. The Morgan fingerprint density at radius 3 is 2.61 bits per heavy atom. The maximum absolute atomic E-state index is 13.6. The van der Waals surface area contributed by atoms with Crippen molar-refractivity contribution in [2.24, 2.45) is 0 Å². The van der Waals surface area contributed by atoms with Crippen molar-refractivity contribution in [2.75, 3.05) is 17.4 Å². The summed E-state index contributed by atoms with van der Waals surface area (Å²) in [6.45, 7) is 0.211. The van der Waals surface area contributed by atoms with E-state index in [1.165, 1.54) is 4.88 Å². The van der Waals surface area contributed by atoms with Gasteiger partial charge in [0.25, 0.3) is 0 Å². The first-order valence-electron chi connectivity index (χ1n) is 10.2. The molecule has 7 heteroatoms. The molecule has 2 aliphatic heterocycles. The van der Waals surface area contributed by atoms with Crippen LogP contribution < -0.4 is 20.1 Å². The van der Waals surface area contributed by atoms with E-state index in [1.807, 2.05) is 36.4 Å². The fourth-order valence-corrected chi connectivity index (χ4v) is 5.99. The van der Waals surface area contributed by atoms with Gasteiger partial charge in [-0.2, -0.15) is 0 Å². The molecule has 0 radical (unpaired) electrons. The average molecular weight is 495 g/mol. The van der Waals surface area contributed by atoms with Crippen LogP contribution in [0.4, 0.5) is 11.4 Å². The van der Waals surface area contributed by atoms with Crippen molar-refractivity contribution in [3.8, 4) is 11.5 Å². The molecule has 0 saturated carbocycles. The molecule has 0 saturated heterocycles. The number of hydrogen-bond donors (Lipinski definition) is 2. The first-order valence-corrected chi connectivity index (χ1v) is 11.9. The number of carbonyl (C=O) groups is 1. The van der Waals surface area contributed by atoms with Gasteiger partial charge in [0, 0.05) is 33.0 Å². The van der Waals surface area contributed by atoms with Crippen LogP contribution in [-0.2, 0) is 4.79 Å². The van der Waals surface area contributed by atoms with Gasteiger partial charge in [-0.3, -0.25) is 4.79 Å². The number of ether oxygens (including phenoxy) is 2. The SMILES string of the molecule is O=C1C[C@H](c2cccs2)CC2=C1[C@H](c1cc3c(cc1Br)OCO3)Nc1ccccc1N2. The van der Waals surface area contributed by atoms with E-state index < -0.39 is 0 Å². The second kappa shape index (κ2) is 7.43. The van der Waals surface area contributed by atoms with Crippen LogP contribution in [0, 0.1) is 0 Å². The minimum absolute atomic E-state index is 0.169. The Morgan fingerprint density at radius 1 is 1.00 bits per heavy atom. The summed E-state index contributed by atoms with van der Waals surface area (Å²) >= 11 is 5.42. The number of nitrogens with one attached hydrogen (secondary N) is 2. The second-order valence-electron chi connectivity index (χ2n) is 7.91. The first-order chi connectivity index (χ1) is 15.2. The third-order valence-electron chi connectivity index (χ3n) is 6.06. The number of halogens is 1. The molecule has 156 valence electrons. The highest BCUT2D eigenvalue weighted by Crippen LogP contribution is 2.48. The van der Waals surface area contributed by atoms with Gasteiger partial charge in [-0.25, -0.2) is 0 Å². The smallest absolute Gasteiger partial charge is 0.231 e. The minimum Gasteiger partial charge on any atom is -0.454 e. The Balaban J connectivity index is 1.50. The quantitative estimate of drug-likeness (QED) is 0.442. The van der Waals surface area contributed by atoms with Crippen molar-refractivity contribution in [1.29, 1.82) is 0 Å². The molecule has 3 aliphatic rings. The number of fused-ring (bicyclic) bond motifs is 2. The molecule has 0 spiro atoms. The van der Waals surface area contributed by atoms with Crippen LogP contribution in [0.5, 0.6) is 11.5 Å². The molecule has 1 aromatic heterocycles. The van der Waals surface area contributed by atoms with E-state index in [2.05, 4.69) is 44.1 Å². The molecule has 2 atom stereocenters. The summed E-state index contributed by atoms with van der Waals surface area (Å²) in [7, 11) is 0. The van der Waals surface area contributed by atoms with E-state index in [9.17, 15) is 4.79 Å². The normalized spacial score (nSPS) is 21.6. The fraction of sp³-hybridized carbons (Fsp3) is 0.208. The average Bonchev–Trinajstić information content (AvgIpc) is 3.42. The standard InChI is InChI=1S/C24H19BrN2O3S/c25-15-11-21-20(29-12-30-21)10-14(15)24-23-18(26-16-4-1-2-5-17(16)27-24)8-13(9-19(23)28)22-6-3-7-31-22/h1-7,10-11,13,24,26-27H,8-9,12H2/t13-,24+/m1/s1. The van der Waals surface area contributed by atoms with Crippen LogP contribution in [0.15, 0.2) is 69.7 Å². The van der Waals surface area contributed by atoms with Crippen molar-refractivity contribution in [3.63, 3.8) is 0 Å². The van der Waals surface area contributed by atoms with Crippen molar-refractivity contribution < 1.29 is 14.3 Å². The molecule has 3 heterocycles. The number of carbonyl (C=O) groups excluding carboxylic acids is 1. The Kier molecular flexibility index (Phi) is 4.54. The van der Waals surface area contributed by atoms with Crippen molar-refractivity contribution in [2.45, 2.75) is 24.8 Å². The minimum atomic E-state index is -0.299. The van der Waals surface area contributed by atoms with E-state index in [0.29, 0.717) is 17.9 Å². The number of hydrogen-bond acceptors (Lipinski definition) is 6. The number of ketones is 1. The van der Waals surface area contributed by atoms with Crippen molar-refractivity contribution in [3.05, 3.63) is 80.1 Å². The lowest BCUT2D eigenvalue weighted by atomic mass is 9.80. The lowest BCUT2D eigenvalue weighted by Crippen LogP contribution is -2.26. The van der Waals surface area contributed by atoms with E-state index in [-0.39, 0.29) is 24.5 Å². The lowest BCUT2D eigenvalue weighted by Gasteiger charge is -2.29. The number of rotatable bonds is 2. The lowest BCUT2D eigenvalue weighted by molar-refractivity contribution is -0.116. The number of anilines is 2. The molecule has 0 fully saturated rings. The highest BCUT2D eigenvalue weighted by Gasteiger charge is 2.37. The van der Waals surface area contributed by atoms with Gasteiger partial charge < -0.3 is 20.1 Å². The molecule has 0 unspecified atom stereocenters. The van der Waals surface area contributed by atoms with Crippen LogP contribution in [0.1, 0.15) is 35.2 Å². The van der Waals surface area contributed by atoms with Crippen LogP contribution in [0.2, 0.25) is 0 Å². The van der Waals surface area contributed by atoms with Crippen LogP contribution in [0.3, 0.4) is 0 Å². The fourth-order valence-electron chi connectivity index (χ4n) is 4.60. The number of allylic oxidation sites excluding steroid dienone is 1. The Hall–Kier alpha value is -2.77. The summed E-state index contributed by atoms with van der Waals surface area (Å²) in [5.41, 5.74) is 4.68. The van der Waals surface area contributed by atoms with Gasteiger partial charge in [0.1, 0.15) is 0 Å². The summed E-state index contributed by atoms with van der Waals surface area (Å²) in [6, 6.07) is 15.9. The van der Waals surface area contributed by atoms with E-state index in [0.717, 1.165) is 39.1 Å². The van der Waals surface area contributed by atoms with Gasteiger partial charge in [0.2, 0.25) is 6.79 Å². The molecule has 1 aliphatic carbocycles. The van der Waals surface area contributed by atoms with E-state index in [1.54, 1.807) is 11.3 Å². The van der Waals surface area contributed by atoms with Gasteiger partial charge >= 0.3 is 0 Å². The highest BCUT2D eigenvalue weighted by atomic mass is 79.9. The molecule has 0 amide bonds. The van der Waals surface area contributed by atoms with Gasteiger partial charge in [0.15, 0.2) is 17.3 Å². The monoisotopic (exact) mass is 494 g/mol. The molecule has 0 bridgehead atoms. The predicted molar refractivity (Wildman–Crippen MR) is 125 cm³/mol. The largest absolute Gasteiger partial charge is 0.454 e. The zero-order chi connectivity index (χ0) is 20.9. The maximum Gasteiger partial charge on any atom is 0.231 e. The van der Waals surface area contributed by atoms with Gasteiger partial charge in [-0.15, -0.1) is 11.3 Å². The number of Topliss-reactive ketones (excluding diaryl/α,β-unsaturated/α-hetero) is 1. The van der Waals surface area contributed by atoms with Crippen LogP contribution in [-0.4, -0.2) is 12.6 Å². The Bertz CT molecular complexity index is 1220. The van der Waals surface area contributed by atoms with Gasteiger partial charge in [0.05, 0.1) is 17.4 Å². The topological polar surface area (TPSA) is 59.6 Å². The van der Waals surface area contributed by atoms with Gasteiger partial charge in [-0.05, 0) is 47.7 Å². The third kappa shape index (κ3) is 3.23. The molecule has 2 N–H and O–H groups in total. The summed E-state index contributed by atoms with van der Waals surface area (Å²) < 4.78 is 12.0. The summed E-state index contributed by atoms with van der Waals surface area (Å²) in [6.07, 6.45) is 1.31. The Labute approximate surface area is 192 Å². The molecule has 2 aromatic carbocycles. The van der Waals surface area contributed by atoms with E-state index >= 15 is 0 Å². The number of para-hydroxylation sites is 2. The highest BCUT2D eigenvalue weighted by molar-refractivity contribution is 9.10. The zero-order valence-electron chi connectivity index (χ0n) is 16.5. The summed E-state index contributed by atoms with van der Waals surface area (Å²) in [4.78, 5) is 14.8. The molecule has 31 heavy (non-hydrogen) atoms. The molecule has 5 nitrogen and oxygen atoms in total. The van der Waals surface area contributed by atoms with Crippen molar-refractivity contribution in [1.82, 2.24) is 0 Å². The molecule has 6 rings (SSSR count). The molecular formula is C24H19BrN2O3S. The van der Waals surface area contributed by atoms with Crippen molar-refractivity contribution >= 4 is 44.4 Å². The van der Waals surface area contributed by atoms with Crippen LogP contribution in [0.25, 0.3) is 0 Å². The van der Waals surface area contributed by atoms with Crippen LogP contribution >= 0.6 is 27.3 Å². The molecular weight excluding hydrogens is 476 g/mol. The molecule has 3 aromatic rings. The zero-order valence-corrected chi connectivity index (χ0v) is 18.9. The second-order valence-corrected chi connectivity index (χ2v) is 9.74. The number of benzene rings is 2. The summed E-state index contributed by atoms with van der Waals surface area (Å²) in [5, 5.41) is 9.28. The predicted octanol–water partition coefficient (Wildman–Crippen LogP) is 6.22. The maximum atomic E-state index is 13.6. The Morgan fingerprint density at radius 2 is 1.81 bits per heavy atom. The number of thiophene rings is 1.